The first-order valence-electron chi connectivity index (χ1n) is 13.5. The zero-order valence-electron chi connectivity index (χ0n) is 23.5. The van der Waals surface area contributed by atoms with Crippen LogP contribution in [0.25, 0.3) is 33.1 Å². The van der Waals surface area contributed by atoms with E-state index >= 15 is 0 Å². The molecule has 8 heteroatoms. The molecule has 0 saturated heterocycles. The normalized spacial score (nSPS) is 12.3. The van der Waals surface area contributed by atoms with Crippen LogP contribution in [0.4, 0.5) is 4.79 Å². The molecule has 1 heterocycles. The Morgan fingerprint density at radius 1 is 0.833 bits per heavy atom. The lowest BCUT2D eigenvalue weighted by molar-refractivity contribution is -0.141. The second-order valence-electron chi connectivity index (χ2n) is 10.9. The molecule has 5 rings (SSSR count). The zero-order valence-corrected chi connectivity index (χ0v) is 23.5. The Morgan fingerprint density at radius 2 is 1.48 bits per heavy atom. The van der Waals surface area contributed by atoms with Gasteiger partial charge in [-0.05, 0) is 38.0 Å². The number of amides is 1. The van der Waals surface area contributed by atoms with E-state index in [1.54, 1.807) is 57.2 Å². The molecule has 1 atom stereocenters. The number of ketones is 1. The number of benzene rings is 4. The van der Waals surface area contributed by atoms with Gasteiger partial charge in [0.1, 0.15) is 16.8 Å². The van der Waals surface area contributed by atoms with E-state index in [-0.39, 0.29) is 19.0 Å². The Balaban J connectivity index is 1.21. The van der Waals surface area contributed by atoms with E-state index in [2.05, 4.69) is 5.32 Å². The molecule has 0 aliphatic carbocycles. The Morgan fingerprint density at radius 3 is 2.14 bits per heavy atom. The van der Waals surface area contributed by atoms with Crippen molar-refractivity contribution in [3.05, 3.63) is 108 Å². The molecule has 0 spiro atoms. The number of fused-ring (bicyclic) bond motifs is 3. The summed E-state index contributed by atoms with van der Waals surface area (Å²) in [5.74, 6) is -1.36. The van der Waals surface area contributed by atoms with Gasteiger partial charge in [-0.25, -0.2) is 9.59 Å². The third-order valence-electron chi connectivity index (χ3n) is 6.62. The maximum atomic E-state index is 13.1. The van der Waals surface area contributed by atoms with Gasteiger partial charge in [0.05, 0.1) is 13.2 Å². The summed E-state index contributed by atoms with van der Waals surface area (Å²) < 4.78 is 16.8. The number of ether oxygens (including phenoxy) is 2. The van der Waals surface area contributed by atoms with Crippen LogP contribution < -0.4 is 5.32 Å². The van der Waals surface area contributed by atoms with E-state index in [1.165, 1.54) is 0 Å². The Hall–Kier alpha value is -4.95. The largest absolute Gasteiger partial charge is 0.480 e. The van der Waals surface area contributed by atoms with Crippen molar-refractivity contribution in [2.45, 2.75) is 39.0 Å². The number of furan rings is 1. The van der Waals surface area contributed by atoms with Gasteiger partial charge < -0.3 is 24.3 Å². The number of hydrogen-bond acceptors (Lipinski definition) is 6. The highest BCUT2D eigenvalue weighted by atomic mass is 16.6. The molecule has 1 unspecified atom stereocenters. The minimum Gasteiger partial charge on any atom is -0.480 e. The van der Waals surface area contributed by atoms with E-state index in [4.69, 9.17) is 13.9 Å². The maximum absolute atomic E-state index is 13.1. The smallest absolute Gasteiger partial charge is 0.408 e. The van der Waals surface area contributed by atoms with Crippen LogP contribution in [0.15, 0.2) is 95.4 Å². The number of carbonyl (C=O) groups excluding carboxylic acids is 2. The molecule has 0 aliphatic heterocycles. The van der Waals surface area contributed by atoms with Gasteiger partial charge in [0.25, 0.3) is 0 Å². The number of rotatable bonds is 9. The molecule has 0 bridgehead atoms. The van der Waals surface area contributed by atoms with Crippen LogP contribution in [0, 0.1) is 0 Å². The van der Waals surface area contributed by atoms with Gasteiger partial charge in [0, 0.05) is 27.5 Å². The first-order valence-corrected chi connectivity index (χ1v) is 13.5. The topological polar surface area (TPSA) is 115 Å². The molecule has 1 amide bonds. The van der Waals surface area contributed by atoms with Gasteiger partial charge in [0.15, 0.2) is 11.8 Å². The van der Waals surface area contributed by atoms with Crippen LogP contribution >= 0.6 is 0 Å². The number of aliphatic carboxylic acids is 1. The van der Waals surface area contributed by atoms with Crippen LogP contribution in [0.3, 0.4) is 0 Å². The molecule has 0 saturated carbocycles. The fourth-order valence-corrected chi connectivity index (χ4v) is 4.61. The van der Waals surface area contributed by atoms with Crippen LogP contribution in [-0.4, -0.2) is 41.2 Å². The highest BCUT2D eigenvalue weighted by molar-refractivity contribution is 6.11. The Labute approximate surface area is 242 Å². The second-order valence-corrected chi connectivity index (χ2v) is 10.9. The van der Waals surface area contributed by atoms with Crippen molar-refractivity contribution in [3.63, 3.8) is 0 Å². The van der Waals surface area contributed by atoms with Crippen molar-refractivity contribution in [1.29, 1.82) is 0 Å². The molecule has 8 nitrogen and oxygen atoms in total. The lowest BCUT2D eigenvalue weighted by atomic mass is 9.98. The third-order valence-corrected chi connectivity index (χ3v) is 6.62. The van der Waals surface area contributed by atoms with Crippen LogP contribution in [0.5, 0.6) is 0 Å². The molecular weight excluding hydrogens is 534 g/mol. The van der Waals surface area contributed by atoms with Crippen molar-refractivity contribution in [2.24, 2.45) is 0 Å². The summed E-state index contributed by atoms with van der Waals surface area (Å²) in [5.41, 5.74) is 4.62. The highest BCUT2D eigenvalue weighted by Crippen LogP contribution is 2.35. The zero-order chi connectivity index (χ0) is 29.9. The van der Waals surface area contributed by atoms with E-state index < -0.39 is 23.7 Å². The van der Waals surface area contributed by atoms with Crippen molar-refractivity contribution in [2.75, 3.05) is 6.61 Å². The van der Waals surface area contributed by atoms with Crippen molar-refractivity contribution >= 4 is 39.8 Å². The number of alkyl carbamates (subject to hydrolysis) is 1. The second kappa shape index (κ2) is 11.9. The number of carboxylic acid groups (broad SMARTS) is 1. The first kappa shape index (κ1) is 28.6. The SMILES string of the molecule is CC(C)(C)OC(=O)NC(COCc1ccc(C(=O)c2ccc(-c3cccc4c3oc3ccccc34)cc2)cc1)C(=O)O. The minimum atomic E-state index is -1.26. The quantitative estimate of drug-likeness (QED) is 0.185. The van der Waals surface area contributed by atoms with Crippen molar-refractivity contribution < 1.29 is 33.4 Å². The standard InChI is InChI=1S/C34H31NO7/c1-34(2,3)42-33(39)35-28(32(37)38)20-40-19-21-11-13-23(14-12-21)30(36)24-17-15-22(16-18-24)25-8-6-9-27-26-7-4-5-10-29(26)41-31(25)27/h4-18,28H,19-20H2,1-3H3,(H,35,39)(H,37,38). The molecule has 0 aliphatic rings. The fourth-order valence-electron chi connectivity index (χ4n) is 4.61. The number of para-hydroxylation sites is 2. The lowest BCUT2D eigenvalue weighted by Gasteiger charge is -2.22. The predicted octanol–water partition coefficient (Wildman–Crippen LogP) is 6.98. The third kappa shape index (κ3) is 6.50. The van der Waals surface area contributed by atoms with Crippen LogP contribution in [0.2, 0.25) is 0 Å². The molecular formula is C34H31NO7. The lowest BCUT2D eigenvalue weighted by Crippen LogP contribution is -2.46. The van der Waals surface area contributed by atoms with Gasteiger partial charge in [-0.15, -0.1) is 0 Å². The number of hydrogen-bond donors (Lipinski definition) is 2. The maximum Gasteiger partial charge on any atom is 0.408 e. The molecule has 5 aromatic rings. The van der Waals surface area contributed by atoms with E-state index in [0.29, 0.717) is 11.1 Å². The molecule has 4 aromatic carbocycles. The van der Waals surface area contributed by atoms with E-state index in [9.17, 15) is 19.5 Å². The Bertz CT molecular complexity index is 1750. The summed E-state index contributed by atoms with van der Waals surface area (Å²) in [4.78, 5) is 36.6. The molecule has 0 radical (unpaired) electrons. The minimum absolute atomic E-state index is 0.107. The fraction of sp³-hybridized carbons (Fsp3) is 0.206. The van der Waals surface area contributed by atoms with Gasteiger partial charge in [-0.2, -0.15) is 0 Å². The highest BCUT2D eigenvalue weighted by Gasteiger charge is 2.24. The van der Waals surface area contributed by atoms with Gasteiger partial charge in [0.2, 0.25) is 0 Å². The molecule has 214 valence electrons. The summed E-state index contributed by atoms with van der Waals surface area (Å²) >= 11 is 0. The van der Waals surface area contributed by atoms with Crippen LogP contribution in [0.1, 0.15) is 42.3 Å². The van der Waals surface area contributed by atoms with Gasteiger partial charge >= 0.3 is 12.1 Å². The number of nitrogens with one attached hydrogen (secondary N) is 1. The molecule has 0 fully saturated rings. The number of carboxylic acids is 1. The molecule has 1 aromatic heterocycles. The van der Waals surface area contributed by atoms with Crippen molar-refractivity contribution in [1.82, 2.24) is 5.32 Å². The summed E-state index contributed by atoms with van der Waals surface area (Å²) in [6.45, 7) is 4.92. The summed E-state index contributed by atoms with van der Waals surface area (Å²) in [6.07, 6.45) is -0.832. The summed E-state index contributed by atoms with van der Waals surface area (Å²) in [5, 5.41) is 13.8. The van der Waals surface area contributed by atoms with E-state index in [1.807, 2.05) is 54.6 Å². The summed E-state index contributed by atoms with van der Waals surface area (Å²) in [7, 11) is 0. The van der Waals surface area contributed by atoms with E-state index in [0.717, 1.165) is 38.6 Å². The van der Waals surface area contributed by atoms with Gasteiger partial charge in [-0.1, -0.05) is 84.9 Å². The number of carbonyl (C=O) groups is 3. The monoisotopic (exact) mass is 565 g/mol. The van der Waals surface area contributed by atoms with Crippen LogP contribution in [-0.2, 0) is 20.9 Å². The van der Waals surface area contributed by atoms with Gasteiger partial charge in [-0.3, -0.25) is 4.79 Å². The Kier molecular flexibility index (Phi) is 8.08. The van der Waals surface area contributed by atoms with Crippen molar-refractivity contribution in [3.8, 4) is 11.1 Å². The predicted molar refractivity (Wildman–Crippen MR) is 159 cm³/mol. The molecule has 2 N–H and O–H groups in total. The first-order chi connectivity index (χ1) is 20.1. The average molecular weight is 566 g/mol. The summed E-state index contributed by atoms with van der Waals surface area (Å²) in [6, 6.07) is 27.1. The molecule has 42 heavy (non-hydrogen) atoms. The average Bonchev–Trinajstić information content (AvgIpc) is 3.35.